The van der Waals surface area contributed by atoms with Gasteiger partial charge in [0.1, 0.15) is 5.52 Å². The van der Waals surface area contributed by atoms with Gasteiger partial charge in [0.25, 0.3) is 0 Å². The van der Waals surface area contributed by atoms with Crippen molar-refractivity contribution in [1.82, 2.24) is 19.3 Å². The van der Waals surface area contributed by atoms with E-state index in [0.717, 1.165) is 60.9 Å². The van der Waals surface area contributed by atoms with Crippen LogP contribution in [0.1, 0.15) is 42.5 Å². The topological polar surface area (TPSA) is 103 Å². The second kappa shape index (κ2) is 8.51. The number of aromatic nitrogens is 3. The van der Waals surface area contributed by atoms with Crippen LogP contribution in [0, 0.1) is 0 Å². The minimum Gasteiger partial charge on any atom is -0.382 e. The Labute approximate surface area is 171 Å². The zero-order chi connectivity index (χ0) is 20.3. The Morgan fingerprint density at radius 1 is 1.10 bits per heavy atom. The van der Waals surface area contributed by atoms with Crippen molar-refractivity contribution < 1.29 is 8.42 Å². The number of nitrogens with zero attached hydrogens (tertiary/aromatic N) is 3. The average molecular weight is 414 g/mol. The molecule has 4 rings (SSSR count). The number of aryl methyl sites for hydroxylation is 3. The highest BCUT2D eigenvalue weighted by Crippen LogP contribution is 2.30. The predicted molar refractivity (Wildman–Crippen MR) is 115 cm³/mol. The molecule has 0 saturated carbocycles. The first-order valence-corrected chi connectivity index (χ1v) is 11.8. The number of sulfonamides is 1. The molecule has 7 nitrogen and oxygen atoms in total. The lowest BCUT2D eigenvalue weighted by molar-refractivity contribution is 0.567. The number of nitrogens with two attached hydrogens (primary N) is 1. The summed E-state index contributed by atoms with van der Waals surface area (Å²) in [5.74, 6) is 0.520. The van der Waals surface area contributed by atoms with Crippen LogP contribution in [0.3, 0.4) is 0 Å². The Hall–Kier alpha value is -2.45. The maximum Gasteiger partial charge on any atom is 0.215 e. The van der Waals surface area contributed by atoms with E-state index in [2.05, 4.69) is 19.3 Å². The summed E-state index contributed by atoms with van der Waals surface area (Å²) in [7, 11) is -3.32. The number of benzene rings is 1. The normalized spacial score (nSPS) is 14.2. The third-order valence-electron chi connectivity index (χ3n) is 5.41. The van der Waals surface area contributed by atoms with Gasteiger partial charge in [0, 0.05) is 18.8 Å². The van der Waals surface area contributed by atoms with Crippen LogP contribution < -0.4 is 10.5 Å². The van der Waals surface area contributed by atoms with Crippen molar-refractivity contribution in [3.63, 3.8) is 0 Å². The molecule has 8 heteroatoms. The average Bonchev–Trinajstić information content (AvgIpc) is 3.13. The Morgan fingerprint density at radius 3 is 2.72 bits per heavy atom. The highest BCUT2D eigenvalue weighted by Gasteiger charge is 2.19. The molecule has 0 spiro atoms. The van der Waals surface area contributed by atoms with Gasteiger partial charge in [0.2, 0.25) is 10.0 Å². The summed E-state index contributed by atoms with van der Waals surface area (Å²) in [6, 6.07) is 9.22. The van der Waals surface area contributed by atoms with Crippen LogP contribution in [0.5, 0.6) is 0 Å². The van der Waals surface area contributed by atoms with Gasteiger partial charge in [-0.05, 0) is 49.7 Å². The second-order valence-electron chi connectivity index (χ2n) is 7.61. The van der Waals surface area contributed by atoms with E-state index in [-0.39, 0.29) is 5.75 Å². The van der Waals surface area contributed by atoms with E-state index in [1.165, 1.54) is 12.0 Å². The summed E-state index contributed by atoms with van der Waals surface area (Å²) in [6.45, 7) is 1.22. The Bertz CT molecular complexity index is 1090. The monoisotopic (exact) mass is 413 g/mol. The van der Waals surface area contributed by atoms with Crippen molar-refractivity contribution >= 4 is 26.9 Å². The van der Waals surface area contributed by atoms with E-state index in [9.17, 15) is 8.42 Å². The first-order chi connectivity index (χ1) is 14.0. The predicted octanol–water partition coefficient (Wildman–Crippen LogP) is 2.79. The van der Waals surface area contributed by atoms with Crippen LogP contribution in [0.15, 0.2) is 36.7 Å². The zero-order valence-electron chi connectivity index (χ0n) is 16.5. The maximum absolute atomic E-state index is 12.2. The molecule has 0 radical (unpaired) electrons. The smallest absolute Gasteiger partial charge is 0.215 e. The van der Waals surface area contributed by atoms with Crippen LogP contribution in [0.25, 0.3) is 11.0 Å². The van der Waals surface area contributed by atoms with E-state index in [0.29, 0.717) is 12.4 Å². The molecular formula is C21H27N5O2S. The molecule has 3 aromatic rings. The summed E-state index contributed by atoms with van der Waals surface area (Å²) in [5, 5.41) is 0. The number of nitrogens with one attached hydrogen (secondary N) is 1. The summed E-state index contributed by atoms with van der Waals surface area (Å²) in [6.07, 6.45) is 7.77. The molecule has 154 valence electrons. The molecule has 0 bridgehead atoms. The first kappa shape index (κ1) is 19.8. The second-order valence-corrected chi connectivity index (χ2v) is 9.42. The summed E-state index contributed by atoms with van der Waals surface area (Å²) < 4.78 is 29.3. The molecule has 29 heavy (non-hydrogen) atoms. The van der Waals surface area contributed by atoms with Crippen molar-refractivity contribution in [2.75, 3.05) is 12.3 Å². The molecule has 2 aromatic heterocycles. The van der Waals surface area contributed by atoms with Gasteiger partial charge in [-0.15, -0.1) is 0 Å². The number of hydrogen-bond acceptors (Lipinski definition) is 5. The molecule has 3 N–H and O–H groups in total. The van der Waals surface area contributed by atoms with E-state index < -0.39 is 10.0 Å². The van der Waals surface area contributed by atoms with Gasteiger partial charge in [-0.1, -0.05) is 30.3 Å². The van der Waals surface area contributed by atoms with Gasteiger partial charge in [0.15, 0.2) is 5.82 Å². The van der Waals surface area contributed by atoms with Crippen LogP contribution in [-0.4, -0.2) is 29.5 Å². The van der Waals surface area contributed by atoms with Gasteiger partial charge in [0.05, 0.1) is 17.6 Å². The van der Waals surface area contributed by atoms with Gasteiger partial charge < -0.3 is 10.3 Å². The molecule has 0 aliphatic heterocycles. The van der Waals surface area contributed by atoms with Gasteiger partial charge in [-0.3, -0.25) is 0 Å². The third-order valence-corrected chi connectivity index (χ3v) is 6.76. The van der Waals surface area contributed by atoms with Crippen molar-refractivity contribution in [1.29, 1.82) is 0 Å². The standard InChI is InChI=1S/C21H27N5O2S/c22-21-19-20(17-10-4-5-11-18(17)25-21)26(15-23-19)13-7-6-12-24-29(27,28)14-16-8-2-1-3-9-16/h1-3,8-9,15,24H,4-7,10-14H2,(H2,22,25). The number of nitrogen functional groups attached to an aromatic ring is 1. The minimum atomic E-state index is -3.32. The van der Waals surface area contributed by atoms with Crippen LogP contribution in [0.2, 0.25) is 0 Å². The molecule has 2 heterocycles. The Balaban J connectivity index is 1.34. The molecule has 0 atom stereocenters. The van der Waals surface area contributed by atoms with Crippen molar-refractivity contribution in [3.05, 3.63) is 53.5 Å². The number of imidazole rings is 1. The lowest BCUT2D eigenvalue weighted by atomic mass is 9.95. The molecule has 1 aliphatic carbocycles. The number of hydrogen-bond donors (Lipinski definition) is 2. The molecule has 0 unspecified atom stereocenters. The quantitative estimate of drug-likeness (QED) is 0.553. The molecule has 1 aliphatic rings. The van der Waals surface area contributed by atoms with Crippen LogP contribution >= 0.6 is 0 Å². The summed E-state index contributed by atoms with van der Waals surface area (Å²) in [5.41, 5.74) is 11.2. The lowest BCUT2D eigenvalue weighted by Crippen LogP contribution is -2.26. The molecule has 0 fully saturated rings. The molecule has 1 aromatic carbocycles. The fraction of sp³-hybridized carbons (Fsp3) is 0.429. The van der Waals surface area contributed by atoms with E-state index >= 15 is 0 Å². The van der Waals surface area contributed by atoms with Gasteiger partial charge in [-0.2, -0.15) is 0 Å². The number of anilines is 1. The lowest BCUT2D eigenvalue weighted by Gasteiger charge is -2.17. The fourth-order valence-corrected chi connectivity index (χ4v) is 5.19. The number of pyridine rings is 1. The number of unbranched alkanes of at least 4 members (excludes halogenated alkanes) is 1. The highest BCUT2D eigenvalue weighted by atomic mass is 32.2. The van der Waals surface area contributed by atoms with Gasteiger partial charge >= 0.3 is 0 Å². The van der Waals surface area contributed by atoms with E-state index in [4.69, 9.17) is 5.73 Å². The Kier molecular flexibility index (Phi) is 5.82. The maximum atomic E-state index is 12.2. The summed E-state index contributed by atoms with van der Waals surface area (Å²) >= 11 is 0. The van der Waals surface area contributed by atoms with Crippen molar-refractivity contribution in [2.45, 2.75) is 50.8 Å². The van der Waals surface area contributed by atoms with Crippen LogP contribution in [-0.2, 0) is 35.2 Å². The number of fused-ring (bicyclic) bond motifs is 3. The van der Waals surface area contributed by atoms with E-state index in [1.54, 1.807) is 0 Å². The van der Waals surface area contributed by atoms with Crippen molar-refractivity contribution in [2.24, 2.45) is 0 Å². The number of rotatable bonds is 8. The fourth-order valence-electron chi connectivity index (χ4n) is 4.00. The largest absolute Gasteiger partial charge is 0.382 e. The third kappa shape index (κ3) is 4.59. The zero-order valence-corrected chi connectivity index (χ0v) is 17.3. The van der Waals surface area contributed by atoms with E-state index in [1.807, 2.05) is 36.7 Å². The minimum absolute atomic E-state index is 0.0123. The van der Waals surface area contributed by atoms with Crippen LogP contribution in [0.4, 0.5) is 5.82 Å². The Morgan fingerprint density at radius 2 is 1.90 bits per heavy atom. The highest BCUT2D eigenvalue weighted by molar-refractivity contribution is 7.88. The SMILES string of the molecule is Nc1nc2c(c3c1ncn3CCCCNS(=O)(=O)Cc1ccccc1)CCCC2. The molecular weight excluding hydrogens is 386 g/mol. The summed E-state index contributed by atoms with van der Waals surface area (Å²) in [4.78, 5) is 9.03. The first-order valence-electron chi connectivity index (χ1n) is 10.2. The molecule has 0 amide bonds. The van der Waals surface area contributed by atoms with Gasteiger partial charge in [-0.25, -0.2) is 23.1 Å². The van der Waals surface area contributed by atoms with Crippen molar-refractivity contribution in [3.8, 4) is 0 Å². The molecule has 0 saturated heterocycles.